The molecule has 0 aliphatic carbocycles. The van der Waals surface area contributed by atoms with E-state index < -0.39 is 5.97 Å². The molecule has 0 aliphatic heterocycles. The Morgan fingerprint density at radius 2 is 1.84 bits per heavy atom. The molecule has 1 N–H and O–H groups in total. The van der Waals surface area contributed by atoms with E-state index in [0.717, 1.165) is 16.2 Å². The van der Waals surface area contributed by atoms with E-state index >= 15 is 0 Å². The molecule has 1 rings (SSSR count). The van der Waals surface area contributed by atoms with Gasteiger partial charge >= 0.3 is 5.97 Å². The van der Waals surface area contributed by atoms with Crippen LogP contribution in [0.25, 0.3) is 0 Å². The van der Waals surface area contributed by atoms with Crippen molar-refractivity contribution in [2.24, 2.45) is 5.92 Å². The number of hydrogen-bond acceptors (Lipinski definition) is 3. The molecule has 4 heteroatoms. The number of Topliss-reactive ketones (excluding diaryl/α,β-unsaturated/α-hetero) is 1. The van der Waals surface area contributed by atoms with Crippen molar-refractivity contribution < 1.29 is 14.7 Å². The standard InChI is InChI=1S/C15H20O3S/c1-11(2)10-14(16)12-5-7-13(8-6-12)19-9-3-4-15(17)18/h5-8,11H,3-4,9-10H2,1-2H3,(H,17,18). The molecule has 1 aromatic rings. The first-order valence-electron chi connectivity index (χ1n) is 6.47. The van der Waals surface area contributed by atoms with Crippen LogP contribution in [0, 0.1) is 5.92 Å². The van der Waals surface area contributed by atoms with E-state index in [-0.39, 0.29) is 12.2 Å². The Balaban J connectivity index is 2.43. The number of ketones is 1. The number of carbonyl (C=O) groups excluding carboxylic acids is 1. The van der Waals surface area contributed by atoms with Crippen LogP contribution in [0.2, 0.25) is 0 Å². The zero-order valence-electron chi connectivity index (χ0n) is 11.4. The maximum absolute atomic E-state index is 11.8. The normalized spacial score (nSPS) is 10.7. The fraction of sp³-hybridized carbons (Fsp3) is 0.467. The Hall–Kier alpha value is -1.29. The summed E-state index contributed by atoms with van der Waals surface area (Å²) in [4.78, 5) is 23.3. The van der Waals surface area contributed by atoms with E-state index in [1.807, 2.05) is 38.1 Å². The van der Waals surface area contributed by atoms with Crippen molar-refractivity contribution in [2.75, 3.05) is 5.75 Å². The SMILES string of the molecule is CC(C)CC(=O)c1ccc(SCCCC(=O)O)cc1. The molecule has 0 radical (unpaired) electrons. The fourth-order valence-electron chi connectivity index (χ4n) is 1.64. The molecule has 0 atom stereocenters. The minimum Gasteiger partial charge on any atom is -0.481 e. The van der Waals surface area contributed by atoms with Crippen LogP contribution in [-0.2, 0) is 4.79 Å². The van der Waals surface area contributed by atoms with Gasteiger partial charge in [0.1, 0.15) is 0 Å². The lowest BCUT2D eigenvalue weighted by molar-refractivity contribution is -0.137. The minimum absolute atomic E-state index is 0.178. The van der Waals surface area contributed by atoms with Crippen LogP contribution in [0.15, 0.2) is 29.2 Å². The number of carboxylic acid groups (broad SMARTS) is 1. The average Bonchev–Trinajstić information content (AvgIpc) is 2.34. The highest BCUT2D eigenvalue weighted by Crippen LogP contribution is 2.20. The van der Waals surface area contributed by atoms with Crippen molar-refractivity contribution in [1.29, 1.82) is 0 Å². The highest BCUT2D eigenvalue weighted by atomic mass is 32.2. The summed E-state index contributed by atoms with van der Waals surface area (Å²) in [7, 11) is 0. The Morgan fingerprint density at radius 3 is 2.37 bits per heavy atom. The van der Waals surface area contributed by atoms with Gasteiger partial charge in [-0.2, -0.15) is 0 Å². The Morgan fingerprint density at radius 1 is 1.21 bits per heavy atom. The van der Waals surface area contributed by atoms with Gasteiger partial charge < -0.3 is 5.11 Å². The van der Waals surface area contributed by atoms with Crippen molar-refractivity contribution in [2.45, 2.75) is 38.0 Å². The molecule has 0 aromatic heterocycles. The first-order valence-corrected chi connectivity index (χ1v) is 7.45. The molecule has 0 saturated carbocycles. The lowest BCUT2D eigenvalue weighted by atomic mass is 10.0. The third kappa shape index (κ3) is 6.43. The van der Waals surface area contributed by atoms with E-state index in [4.69, 9.17) is 5.11 Å². The monoisotopic (exact) mass is 280 g/mol. The van der Waals surface area contributed by atoms with Gasteiger partial charge in [0, 0.05) is 23.3 Å². The summed E-state index contributed by atoms with van der Waals surface area (Å²) < 4.78 is 0. The van der Waals surface area contributed by atoms with Gasteiger partial charge in [-0.1, -0.05) is 26.0 Å². The maximum Gasteiger partial charge on any atom is 0.303 e. The summed E-state index contributed by atoms with van der Waals surface area (Å²) in [5.74, 6) is 0.580. The number of hydrogen-bond donors (Lipinski definition) is 1. The molecule has 0 unspecified atom stereocenters. The van der Waals surface area contributed by atoms with Gasteiger partial charge in [0.15, 0.2) is 5.78 Å². The second-order valence-corrected chi connectivity index (χ2v) is 6.06. The molecular weight excluding hydrogens is 260 g/mol. The molecule has 3 nitrogen and oxygen atoms in total. The largest absolute Gasteiger partial charge is 0.481 e. The minimum atomic E-state index is -0.754. The zero-order valence-corrected chi connectivity index (χ0v) is 12.2. The van der Waals surface area contributed by atoms with E-state index in [1.165, 1.54) is 0 Å². The first-order chi connectivity index (χ1) is 8.99. The maximum atomic E-state index is 11.8. The summed E-state index contributed by atoms with van der Waals surface area (Å²) in [6.45, 7) is 4.06. The van der Waals surface area contributed by atoms with E-state index in [9.17, 15) is 9.59 Å². The van der Waals surface area contributed by atoms with Crippen molar-refractivity contribution in [3.05, 3.63) is 29.8 Å². The van der Waals surface area contributed by atoms with Crippen LogP contribution >= 0.6 is 11.8 Å². The van der Waals surface area contributed by atoms with Crippen LogP contribution in [0.3, 0.4) is 0 Å². The molecular formula is C15H20O3S. The van der Waals surface area contributed by atoms with Crippen LogP contribution in [0.4, 0.5) is 0 Å². The highest BCUT2D eigenvalue weighted by molar-refractivity contribution is 7.99. The molecule has 0 amide bonds. The van der Waals surface area contributed by atoms with Crippen LogP contribution in [-0.4, -0.2) is 22.6 Å². The van der Waals surface area contributed by atoms with Gasteiger partial charge in [-0.3, -0.25) is 9.59 Å². The third-order valence-corrected chi connectivity index (χ3v) is 3.67. The molecule has 0 spiro atoms. The molecule has 0 aliphatic rings. The Bertz CT molecular complexity index is 424. The number of carbonyl (C=O) groups is 2. The summed E-state index contributed by atoms with van der Waals surface area (Å²) in [6.07, 6.45) is 1.44. The quantitative estimate of drug-likeness (QED) is 0.446. The van der Waals surface area contributed by atoms with Gasteiger partial charge in [0.05, 0.1) is 0 Å². The van der Waals surface area contributed by atoms with Gasteiger partial charge in [-0.15, -0.1) is 11.8 Å². The third-order valence-electron chi connectivity index (χ3n) is 2.57. The van der Waals surface area contributed by atoms with E-state index in [0.29, 0.717) is 18.8 Å². The predicted molar refractivity (Wildman–Crippen MR) is 77.8 cm³/mol. The first kappa shape index (κ1) is 15.8. The molecule has 0 bridgehead atoms. The smallest absolute Gasteiger partial charge is 0.303 e. The van der Waals surface area contributed by atoms with Crippen molar-refractivity contribution in [3.8, 4) is 0 Å². The van der Waals surface area contributed by atoms with Crippen molar-refractivity contribution >= 4 is 23.5 Å². The van der Waals surface area contributed by atoms with Gasteiger partial charge in [0.25, 0.3) is 0 Å². The predicted octanol–water partition coefficient (Wildman–Crippen LogP) is 3.87. The van der Waals surface area contributed by atoms with E-state index in [1.54, 1.807) is 11.8 Å². The van der Waals surface area contributed by atoms with Gasteiger partial charge in [-0.25, -0.2) is 0 Å². The summed E-state index contributed by atoms with van der Waals surface area (Å²) in [5.41, 5.74) is 0.753. The van der Waals surface area contributed by atoms with Gasteiger partial charge in [0.2, 0.25) is 0 Å². The van der Waals surface area contributed by atoms with Gasteiger partial charge in [-0.05, 0) is 30.2 Å². The summed E-state index contributed by atoms with van der Waals surface area (Å²) in [5, 5.41) is 8.53. The lowest BCUT2D eigenvalue weighted by Crippen LogP contribution is -2.03. The highest BCUT2D eigenvalue weighted by Gasteiger charge is 2.08. The van der Waals surface area contributed by atoms with E-state index in [2.05, 4.69) is 0 Å². The van der Waals surface area contributed by atoms with Crippen molar-refractivity contribution in [1.82, 2.24) is 0 Å². The number of benzene rings is 1. The summed E-state index contributed by atoms with van der Waals surface area (Å²) >= 11 is 1.62. The molecule has 0 fully saturated rings. The number of aliphatic carboxylic acids is 1. The van der Waals surface area contributed by atoms with Crippen molar-refractivity contribution in [3.63, 3.8) is 0 Å². The molecule has 0 heterocycles. The lowest BCUT2D eigenvalue weighted by Gasteiger charge is -2.05. The molecule has 1 aromatic carbocycles. The topological polar surface area (TPSA) is 54.4 Å². The van der Waals surface area contributed by atoms with Crippen LogP contribution in [0.1, 0.15) is 43.5 Å². The Labute approximate surface area is 118 Å². The zero-order chi connectivity index (χ0) is 14.3. The Kier molecular flexibility index (Phi) is 6.64. The average molecular weight is 280 g/mol. The van der Waals surface area contributed by atoms with Crippen LogP contribution in [0.5, 0.6) is 0 Å². The molecule has 19 heavy (non-hydrogen) atoms. The summed E-state index contributed by atoms with van der Waals surface area (Å²) in [6, 6.07) is 7.56. The van der Waals surface area contributed by atoms with Crippen LogP contribution < -0.4 is 0 Å². The second-order valence-electron chi connectivity index (χ2n) is 4.89. The molecule has 0 saturated heterocycles. The number of carboxylic acids is 1. The fourth-order valence-corrected chi connectivity index (χ4v) is 2.49. The number of rotatable bonds is 8. The number of thioether (sulfide) groups is 1. The second kappa shape index (κ2) is 8.00. The molecule has 104 valence electrons.